The van der Waals surface area contributed by atoms with E-state index < -0.39 is 17.7 Å². The number of nitrogens with one attached hydrogen (secondary N) is 1. The van der Waals surface area contributed by atoms with Crippen LogP contribution in [0.2, 0.25) is 0 Å². The number of carbonyl (C=O) groups excluding carboxylic acids is 2. The molecule has 2 heterocycles. The number of carbonyl (C=O) groups is 2. The minimum atomic E-state index is -4.45. The number of aromatic nitrogens is 4. The van der Waals surface area contributed by atoms with Gasteiger partial charge in [-0.15, -0.1) is 0 Å². The standard InChI is InChI=1S/C30H31F3N6O3/c1-17-5-3-6-19(15-17)28-38-26-24(39(28)16-18-8-10-20(11-9-18)30(31,32)33)25(36-27(37-26)29(41)42-2)35-14-4-7-23(40)21-12-13-22(21)34/h3,5-6,8-11,15,21-22H,4,7,12-14,16,34H2,1-2H3,(H,35,36,37). The summed E-state index contributed by atoms with van der Waals surface area (Å²) in [7, 11) is 1.22. The average Bonchev–Trinajstić information content (AvgIpc) is 3.32. The molecule has 2 unspecified atom stereocenters. The van der Waals surface area contributed by atoms with Crippen molar-refractivity contribution in [2.45, 2.75) is 51.4 Å². The predicted molar refractivity (Wildman–Crippen MR) is 151 cm³/mol. The number of imidazole rings is 1. The number of rotatable bonds is 10. The largest absolute Gasteiger partial charge is 0.463 e. The van der Waals surface area contributed by atoms with Gasteiger partial charge in [0.25, 0.3) is 0 Å². The van der Waals surface area contributed by atoms with Gasteiger partial charge in [-0.05, 0) is 49.9 Å². The van der Waals surface area contributed by atoms with E-state index in [2.05, 4.69) is 15.3 Å². The normalized spacial score (nSPS) is 16.7. The van der Waals surface area contributed by atoms with E-state index in [9.17, 15) is 22.8 Å². The summed E-state index contributed by atoms with van der Waals surface area (Å²) in [5.41, 5.74) is 8.22. The summed E-state index contributed by atoms with van der Waals surface area (Å²) in [5, 5.41) is 3.23. The first-order chi connectivity index (χ1) is 20.0. The molecule has 2 atom stereocenters. The molecule has 0 saturated heterocycles. The lowest BCUT2D eigenvalue weighted by molar-refractivity contribution is -0.137. The van der Waals surface area contributed by atoms with Gasteiger partial charge >= 0.3 is 12.1 Å². The SMILES string of the molecule is COC(=O)c1nc(NCCCC(=O)C2CCC2N)c2c(n1)nc(-c1cccc(C)c1)n2Cc1ccc(C(F)(F)F)cc1. The average molecular weight is 581 g/mol. The fourth-order valence-electron chi connectivity index (χ4n) is 5.06. The molecule has 0 bridgehead atoms. The van der Waals surface area contributed by atoms with E-state index in [0.717, 1.165) is 36.1 Å². The number of alkyl halides is 3. The summed E-state index contributed by atoms with van der Waals surface area (Å²) in [6.45, 7) is 2.46. The van der Waals surface area contributed by atoms with Crippen LogP contribution in [-0.2, 0) is 22.3 Å². The molecule has 1 saturated carbocycles. The van der Waals surface area contributed by atoms with Crippen molar-refractivity contribution in [3.63, 3.8) is 0 Å². The molecule has 1 aliphatic rings. The molecular formula is C30H31F3N6O3. The molecule has 42 heavy (non-hydrogen) atoms. The number of benzene rings is 2. The van der Waals surface area contributed by atoms with Gasteiger partial charge in [-0.3, -0.25) is 4.79 Å². The maximum absolute atomic E-state index is 13.2. The molecule has 2 aromatic heterocycles. The fraction of sp³-hybridized carbons (Fsp3) is 0.367. The quantitative estimate of drug-likeness (QED) is 0.195. The first kappa shape index (κ1) is 29.2. The van der Waals surface area contributed by atoms with Crippen molar-refractivity contribution < 1.29 is 27.5 Å². The summed E-state index contributed by atoms with van der Waals surface area (Å²) >= 11 is 0. The van der Waals surface area contributed by atoms with Crippen molar-refractivity contribution in [1.29, 1.82) is 0 Å². The van der Waals surface area contributed by atoms with E-state index in [4.69, 9.17) is 15.5 Å². The van der Waals surface area contributed by atoms with E-state index in [1.807, 2.05) is 35.8 Å². The van der Waals surface area contributed by atoms with E-state index >= 15 is 0 Å². The number of Topliss-reactive ketones (excluding diaryl/α,β-unsaturated/α-hetero) is 1. The molecule has 1 fully saturated rings. The van der Waals surface area contributed by atoms with Gasteiger partial charge in [0.05, 0.1) is 12.7 Å². The van der Waals surface area contributed by atoms with E-state index in [-0.39, 0.29) is 35.8 Å². The summed E-state index contributed by atoms with van der Waals surface area (Å²) < 4.78 is 46.2. The number of aryl methyl sites for hydroxylation is 1. The van der Waals surface area contributed by atoms with Crippen molar-refractivity contribution in [3.05, 3.63) is 71.0 Å². The van der Waals surface area contributed by atoms with Crippen molar-refractivity contribution >= 4 is 28.7 Å². The van der Waals surface area contributed by atoms with Crippen LogP contribution in [0.4, 0.5) is 19.0 Å². The third-order valence-corrected chi connectivity index (χ3v) is 7.50. The second kappa shape index (κ2) is 11.9. The first-order valence-corrected chi connectivity index (χ1v) is 13.7. The Hall–Kier alpha value is -4.32. The molecule has 1 aliphatic carbocycles. The molecule has 0 amide bonds. The molecule has 0 aliphatic heterocycles. The molecule has 9 nitrogen and oxygen atoms in total. The van der Waals surface area contributed by atoms with Crippen LogP contribution < -0.4 is 11.1 Å². The number of esters is 1. The van der Waals surface area contributed by atoms with Gasteiger partial charge in [0.2, 0.25) is 5.82 Å². The molecule has 4 aromatic rings. The highest BCUT2D eigenvalue weighted by Crippen LogP contribution is 2.32. The maximum Gasteiger partial charge on any atom is 0.416 e. The predicted octanol–water partition coefficient (Wildman–Crippen LogP) is 5.15. The molecule has 5 rings (SSSR count). The lowest BCUT2D eigenvalue weighted by Gasteiger charge is -2.32. The molecule has 2 aromatic carbocycles. The van der Waals surface area contributed by atoms with Crippen molar-refractivity contribution in [3.8, 4) is 11.4 Å². The minimum absolute atomic E-state index is 0.0749. The number of fused-ring (bicyclic) bond motifs is 1. The Bertz CT molecular complexity index is 1620. The number of hydrogen-bond acceptors (Lipinski definition) is 8. The number of anilines is 1. The highest BCUT2D eigenvalue weighted by atomic mass is 19.4. The third-order valence-electron chi connectivity index (χ3n) is 7.50. The summed E-state index contributed by atoms with van der Waals surface area (Å²) in [6.07, 6.45) is -1.92. The Balaban J connectivity index is 1.54. The Labute approximate surface area is 240 Å². The van der Waals surface area contributed by atoms with Crippen LogP contribution in [0.5, 0.6) is 0 Å². The highest BCUT2D eigenvalue weighted by molar-refractivity contribution is 5.93. The number of nitrogens with zero attached hydrogens (tertiary/aromatic N) is 4. The second-order valence-electron chi connectivity index (χ2n) is 10.5. The van der Waals surface area contributed by atoms with Crippen LogP contribution in [0.25, 0.3) is 22.6 Å². The Morgan fingerprint density at radius 1 is 1.10 bits per heavy atom. The number of ketones is 1. The van der Waals surface area contributed by atoms with E-state index in [0.29, 0.717) is 42.1 Å². The lowest BCUT2D eigenvalue weighted by atomic mass is 9.76. The highest BCUT2D eigenvalue weighted by Gasteiger charge is 2.33. The zero-order valence-corrected chi connectivity index (χ0v) is 23.2. The minimum Gasteiger partial charge on any atom is -0.463 e. The second-order valence-corrected chi connectivity index (χ2v) is 10.5. The Morgan fingerprint density at radius 3 is 2.48 bits per heavy atom. The number of halogens is 3. The van der Waals surface area contributed by atoms with Crippen molar-refractivity contribution in [2.75, 3.05) is 19.0 Å². The molecule has 0 spiro atoms. The van der Waals surface area contributed by atoms with E-state index in [1.165, 1.54) is 19.2 Å². The third kappa shape index (κ3) is 6.13. The zero-order chi connectivity index (χ0) is 30.0. The Morgan fingerprint density at radius 2 is 1.86 bits per heavy atom. The molecule has 12 heteroatoms. The number of hydrogen-bond donors (Lipinski definition) is 2. The van der Waals surface area contributed by atoms with Crippen LogP contribution in [0.3, 0.4) is 0 Å². The van der Waals surface area contributed by atoms with Gasteiger partial charge in [-0.1, -0.05) is 35.9 Å². The van der Waals surface area contributed by atoms with E-state index in [1.54, 1.807) is 0 Å². The van der Waals surface area contributed by atoms with Crippen molar-refractivity contribution in [1.82, 2.24) is 19.5 Å². The topological polar surface area (TPSA) is 125 Å². The van der Waals surface area contributed by atoms with Gasteiger partial charge < -0.3 is 20.4 Å². The summed E-state index contributed by atoms with van der Waals surface area (Å²) in [5.74, 6) is -0.104. The monoisotopic (exact) mass is 580 g/mol. The smallest absolute Gasteiger partial charge is 0.416 e. The van der Waals surface area contributed by atoms with Crippen LogP contribution in [0.1, 0.15) is 53.0 Å². The van der Waals surface area contributed by atoms with Gasteiger partial charge in [-0.25, -0.2) is 19.7 Å². The molecule has 3 N–H and O–H groups in total. The van der Waals surface area contributed by atoms with Gasteiger partial charge in [-0.2, -0.15) is 13.2 Å². The summed E-state index contributed by atoms with van der Waals surface area (Å²) in [4.78, 5) is 38.4. The number of ether oxygens (including phenoxy) is 1. The zero-order valence-electron chi connectivity index (χ0n) is 23.2. The molecular weight excluding hydrogens is 549 g/mol. The van der Waals surface area contributed by atoms with Gasteiger partial charge in [0.1, 0.15) is 17.1 Å². The maximum atomic E-state index is 13.2. The first-order valence-electron chi connectivity index (χ1n) is 13.7. The molecule has 0 radical (unpaired) electrons. The molecule has 220 valence electrons. The fourth-order valence-corrected chi connectivity index (χ4v) is 5.06. The van der Waals surface area contributed by atoms with Gasteiger partial charge in [0.15, 0.2) is 11.5 Å². The van der Waals surface area contributed by atoms with Gasteiger partial charge in [0, 0.05) is 37.0 Å². The lowest BCUT2D eigenvalue weighted by Crippen LogP contribution is -2.44. The summed E-state index contributed by atoms with van der Waals surface area (Å²) in [6, 6.07) is 12.5. The van der Waals surface area contributed by atoms with Crippen LogP contribution in [0, 0.1) is 12.8 Å². The number of methoxy groups -OCH3 is 1. The van der Waals surface area contributed by atoms with Crippen LogP contribution in [0.15, 0.2) is 48.5 Å². The van der Waals surface area contributed by atoms with Crippen LogP contribution >= 0.6 is 0 Å². The van der Waals surface area contributed by atoms with Crippen molar-refractivity contribution in [2.24, 2.45) is 11.7 Å². The number of nitrogens with two attached hydrogens (primary N) is 1. The Kier molecular flexibility index (Phi) is 8.26. The van der Waals surface area contributed by atoms with Crippen LogP contribution in [-0.4, -0.2) is 51.0 Å².